The van der Waals surface area contributed by atoms with Gasteiger partial charge in [0.2, 0.25) is 5.91 Å². The van der Waals surface area contributed by atoms with Crippen molar-refractivity contribution < 1.29 is 77.3 Å². The number of primary amides is 1. The van der Waals surface area contributed by atoms with Gasteiger partial charge in [-0.2, -0.15) is 0 Å². The van der Waals surface area contributed by atoms with Crippen molar-refractivity contribution in [1.29, 1.82) is 0 Å². The zero-order valence-electron chi connectivity index (χ0n) is 48.7. The minimum atomic E-state index is -1.84. The second kappa shape index (κ2) is 25.3. The maximum Gasteiger partial charge on any atom is 0.355 e. The number of hydrogen-bond acceptors (Lipinski definition) is 28. The number of aliphatic hydroxyl groups is 2. The summed E-state index contributed by atoms with van der Waals surface area (Å²) in [4.78, 5) is 132. The number of carbonyl (C=O) groups is 7. The zero-order valence-corrected chi connectivity index (χ0v) is 52.8. The van der Waals surface area contributed by atoms with E-state index in [4.69, 9.17) is 49.1 Å². The number of aromatic amines is 1. The molecule has 1 aromatic carbocycles. The van der Waals surface area contributed by atoms with E-state index in [0.717, 1.165) is 56.7 Å². The summed E-state index contributed by atoms with van der Waals surface area (Å²) in [5.74, 6) is -6.65. The molecule has 1 saturated heterocycles. The Bertz CT molecular complexity index is 4260. The number of allylic oxidation sites excluding steroid dienone is 1. The van der Waals surface area contributed by atoms with E-state index in [1.54, 1.807) is 44.5 Å². The third-order valence-corrected chi connectivity index (χ3v) is 19.9. The number of amides is 5. The molecule has 4 aliphatic heterocycles. The first-order valence-electron chi connectivity index (χ1n) is 27.8. The topological polar surface area (TPSA) is 415 Å². The van der Waals surface area contributed by atoms with E-state index in [1.165, 1.54) is 48.5 Å². The van der Waals surface area contributed by atoms with Crippen LogP contribution in [0.15, 0.2) is 56.9 Å². The molecule has 4 aliphatic rings. The van der Waals surface area contributed by atoms with Crippen LogP contribution < -0.4 is 32.3 Å². The van der Waals surface area contributed by atoms with Crippen LogP contribution in [0.25, 0.3) is 49.3 Å². The van der Waals surface area contributed by atoms with Gasteiger partial charge in [0.15, 0.2) is 12.4 Å². The number of nitrogens with one attached hydrogen (secondary N) is 6. The molecule has 0 saturated carbocycles. The molecule has 10 atom stereocenters. The fraction of sp³-hybridized carbons (Fsp3) is 0.351. The number of ether oxygens (including phenoxy) is 6. The van der Waals surface area contributed by atoms with E-state index < -0.39 is 121 Å². The number of aliphatic hydroxyl groups excluding tert-OH is 1. The number of hydrogen-bond donors (Lipinski definition) is 10. The lowest BCUT2D eigenvalue weighted by atomic mass is 9.86. The van der Waals surface area contributed by atoms with Crippen LogP contribution in [0.2, 0.25) is 0 Å². The van der Waals surface area contributed by atoms with Crippen molar-refractivity contribution in [3.05, 3.63) is 112 Å². The van der Waals surface area contributed by atoms with Crippen LogP contribution in [0.5, 0.6) is 5.75 Å². The lowest BCUT2D eigenvalue weighted by Gasteiger charge is -2.45. The maximum absolute atomic E-state index is 15.1. The first-order valence-corrected chi connectivity index (χ1v) is 32.2. The van der Waals surface area contributed by atoms with Gasteiger partial charge in [-0.15, -0.1) is 56.7 Å². The molecule has 0 spiro atoms. The second-order valence-electron chi connectivity index (χ2n) is 21.6. The number of pyridine rings is 1. The minimum Gasteiger partial charge on any atom is -0.506 e. The molecule has 29 nitrogen and oxygen atoms in total. The highest BCUT2D eigenvalue weighted by Gasteiger charge is 2.49. The molecule has 5 amide bonds. The monoisotopic (exact) mass is 1340 g/mol. The molecule has 474 valence electrons. The van der Waals surface area contributed by atoms with Crippen molar-refractivity contribution in [1.82, 2.24) is 61.5 Å². The molecule has 11 heterocycles. The molecule has 12 rings (SSSR count). The van der Waals surface area contributed by atoms with Crippen LogP contribution in [0, 0.1) is 0 Å². The normalized spacial score (nSPS) is 25.0. The summed E-state index contributed by atoms with van der Waals surface area (Å²) in [5, 5.41) is 56.5. The summed E-state index contributed by atoms with van der Waals surface area (Å²) in [6, 6.07) is 1.35. The second-order valence-corrected chi connectivity index (χ2v) is 26.0. The first-order chi connectivity index (χ1) is 43.6. The maximum atomic E-state index is 15.1. The van der Waals surface area contributed by atoms with E-state index in [9.17, 15) is 39.3 Å². The molecule has 12 bridgehead atoms. The number of aromatic nitrogens is 7. The number of thiazole rings is 5. The molecule has 11 N–H and O–H groups in total. The van der Waals surface area contributed by atoms with Crippen LogP contribution in [0.3, 0.4) is 0 Å². The average molecular weight is 1340 g/mol. The standard InChI is InChI=1S/C57H55N13O16S5/c1-20(71)36-49(77)69-37(21(2)81-6)52-65-32(19-90-52)48(76)70-41-42-43(86-34-11-57(4,80)44(59-5)22(3)85-34)56(79)83-12-23-8-7-9-26-35(23)25(13-82-42)39(60-26)55(78)84-14-27(61-46(74)30-18-91-54(41)66-30)51-62-28(15-88-51)38-24(50-64-31(17-87-50)47(75)68-36)10-33(72)40(67-38)53-63-29(16-89-53)45(58)73/h7-10,15-20,22,27,34,36,41-44,59-60,71-72,80H,11-14H2,1-6H3,(H2,58,73)(H,61,74)(H,68,75)(H,69,77)(H,70,76)/b37-21+/t20-,22+,27+,34+,36+,41+,42?,43+,44-,57+/m1/s1. The van der Waals surface area contributed by atoms with Crippen LogP contribution >= 0.6 is 56.7 Å². The van der Waals surface area contributed by atoms with E-state index in [2.05, 4.69) is 46.5 Å². The molecule has 1 unspecified atom stereocenters. The molecule has 1 fully saturated rings. The van der Waals surface area contributed by atoms with Crippen molar-refractivity contribution in [2.75, 3.05) is 20.8 Å². The van der Waals surface area contributed by atoms with Gasteiger partial charge in [0.1, 0.15) is 125 Å². The number of H-pyrrole nitrogens is 1. The molecule has 0 aliphatic carbocycles. The lowest BCUT2D eigenvalue weighted by Crippen LogP contribution is -2.61. The number of benzene rings is 1. The molecular formula is C57H55N13O16S5. The Balaban J connectivity index is 1.04. The zero-order chi connectivity index (χ0) is 64.3. The number of aromatic hydroxyl groups is 1. The van der Waals surface area contributed by atoms with Crippen molar-refractivity contribution >= 4 is 115 Å². The Morgan fingerprint density at radius 1 is 0.835 bits per heavy atom. The van der Waals surface area contributed by atoms with E-state index in [0.29, 0.717) is 16.5 Å². The number of esters is 2. The average Bonchev–Trinajstić information content (AvgIpc) is 1.46. The van der Waals surface area contributed by atoms with E-state index in [-0.39, 0.29) is 106 Å². The molecule has 0 radical (unpaired) electrons. The first kappa shape index (κ1) is 62.6. The number of rotatable bonds is 7. The number of cyclic esters (lactones) is 2. The van der Waals surface area contributed by atoms with Crippen LogP contribution in [-0.4, -0.2) is 161 Å². The Labute approximate surface area is 534 Å². The Morgan fingerprint density at radius 3 is 2.24 bits per heavy atom. The van der Waals surface area contributed by atoms with Gasteiger partial charge in [0.25, 0.3) is 23.6 Å². The summed E-state index contributed by atoms with van der Waals surface area (Å²) in [6.45, 7) is 4.68. The van der Waals surface area contributed by atoms with Gasteiger partial charge < -0.3 is 81.0 Å². The van der Waals surface area contributed by atoms with Crippen molar-refractivity contribution in [3.8, 4) is 38.4 Å². The van der Waals surface area contributed by atoms with Crippen molar-refractivity contribution in [2.24, 2.45) is 5.73 Å². The fourth-order valence-electron chi connectivity index (χ4n) is 10.9. The summed E-state index contributed by atoms with van der Waals surface area (Å²) >= 11 is 4.74. The molecule has 34 heteroatoms. The number of nitrogens with zero attached hydrogens (tertiary/aromatic N) is 6. The molecule has 7 aromatic heterocycles. The number of nitrogens with two attached hydrogens (primary N) is 1. The molecular weight excluding hydrogens is 1280 g/mol. The highest BCUT2D eigenvalue weighted by atomic mass is 32.1. The smallest absolute Gasteiger partial charge is 0.355 e. The largest absolute Gasteiger partial charge is 0.506 e. The Morgan fingerprint density at radius 2 is 1.52 bits per heavy atom. The van der Waals surface area contributed by atoms with Gasteiger partial charge >= 0.3 is 11.9 Å². The Hall–Kier alpha value is -8.55. The summed E-state index contributed by atoms with van der Waals surface area (Å²) < 4.78 is 37.6. The number of carbonyl (C=O) groups excluding carboxylic acids is 7. The van der Waals surface area contributed by atoms with E-state index >= 15 is 9.59 Å². The van der Waals surface area contributed by atoms with Crippen molar-refractivity contribution in [3.63, 3.8) is 0 Å². The highest BCUT2D eigenvalue weighted by molar-refractivity contribution is 7.14. The van der Waals surface area contributed by atoms with Gasteiger partial charge in [-0.1, -0.05) is 12.1 Å². The van der Waals surface area contributed by atoms with Gasteiger partial charge in [-0.25, -0.2) is 39.5 Å². The van der Waals surface area contributed by atoms with Crippen molar-refractivity contribution in [2.45, 2.75) is 108 Å². The van der Waals surface area contributed by atoms with Crippen LogP contribution in [0.4, 0.5) is 0 Å². The van der Waals surface area contributed by atoms with E-state index in [1.807, 2.05) is 0 Å². The van der Waals surface area contributed by atoms with Gasteiger partial charge in [-0.05, 0) is 52.4 Å². The number of likely N-dealkylation sites (N-methyl/N-ethyl adjacent to an activating group) is 1. The predicted octanol–water partition coefficient (Wildman–Crippen LogP) is 4.21. The van der Waals surface area contributed by atoms with Crippen LogP contribution in [0.1, 0.15) is 125 Å². The fourth-order valence-corrected chi connectivity index (χ4v) is 15.1. The van der Waals surface area contributed by atoms with Gasteiger partial charge in [-0.3, -0.25) is 24.0 Å². The molecule has 8 aromatic rings. The quantitative estimate of drug-likeness (QED) is 0.0789. The van der Waals surface area contributed by atoms with Gasteiger partial charge in [0, 0.05) is 55.4 Å². The lowest BCUT2D eigenvalue weighted by molar-refractivity contribution is -0.272. The minimum absolute atomic E-state index is 0.0151. The summed E-state index contributed by atoms with van der Waals surface area (Å²) in [7, 11) is 2.98. The SMILES string of the molecule is CN[C@@H]1[C@H](C)O[C@@H](O[C@@H]2C(=O)OCc3cccc4[nH]c5c(c34)COC2[C@@H]2NC(=O)c3csc(n3)/C(=C(/C)OC)NC(=O)[C@H]([C@@H](C)O)NC(=O)c3csc(n3)-c3cc(O)c(-c4nc(C(N)=O)cs4)nc3-c3csc(n3)[C@H](COC5=O)NC(=O)c3csc2n3)C[C@]1(C)O. The number of methoxy groups -OCH3 is 1. The third kappa shape index (κ3) is 12.3. The summed E-state index contributed by atoms with van der Waals surface area (Å²) in [5.41, 5.74) is 4.46. The summed E-state index contributed by atoms with van der Waals surface area (Å²) in [6.07, 6.45) is -7.23. The molecule has 91 heavy (non-hydrogen) atoms. The predicted molar refractivity (Wildman–Crippen MR) is 327 cm³/mol. The van der Waals surface area contributed by atoms with Gasteiger partial charge in [0.05, 0.1) is 37.6 Å². The van der Waals surface area contributed by atoms with Crippen LogP contribution in [-0.2, 0) is 51.2 Å². The third-order valence-electron chi connectivity index (χ3n) is 15.5. The number of fused-ring (bicyclic) bond motifs is 15. The Kier molecular flexibility index (Phi) is 17.4. The highest BCUT2D eigenvalue weighted by Crippen LogP contribution is 2.42.